The molecule has 1 atom stereocenters. The topological polar surface area (TPSA) is 56.8 Å². The SMILES string of the molecule is CCOc1cc(C(=O)NC(C)CCCC(C)C)cc(OCC)c1OCC. The lowest BCUT2D eigenvalue weighted by Crippen LogP contribution is -2.32. The molecule has 0 heterocycles. The zero-order valence-electron chi connectivity index (χ0n) is 17.2. The van der Waals surface area contributed by atoms with Gasteiger partial charge in [-0.25, -0.2) is 0 Å². The summed E-state index contributed by atoms with van der Waals surface area (Å²) in [6.45, 7) is 13.7. The van der Waals surface area contributed by atoms with E-state index in [9.17, 15) is 4.79 Å². The average molecular weight is 366 g/mol. The van der Waals surface area contributed by atoms with Crippen LogP contribution in [0.3, 0.4) is 0 Å². The summed E-state index contributed by atoms with van der Waals surface area (Å²) in [6.07, 6.45) is 3.25. The van der Waals surface area contributed by atoms with Crippen molar-refractivity contribution in [2.24, 2.45) is 5.92 Å². The van der Waals surface area contributed by atoms with Crippen LogP contribution in [0.4, 0.5) is 0 Å². The molecule has 0 saturated carbocycles. The first-order chi connectivity index (χ1) is 12.4. The summed E-state index contributed by atoms with van der Waals surface area (Å²) in [6, 6.07) is 3.58. The van der Waals surface area contributed by atoms with Crippen LogP contribution in [0.1, 0.15) is 71.2 Å². The standard InChI is InChI=1S/C21H35NO4/c1-7-24-18-13-17(14-19(25-8-2)20(18)26-9-3)21(23)22-16(6)12-10-11-15(4)5/h13-16H,7-12H2,1-6H3,(H,22,23). The van der Waals surface area contributed by atoms with Gasteiger partial charge >= 0.3 is 0 Å². The van der Waals surface area contributed by atoms with Crippen LogP contribution in [0.5, 0.6) is 17.2 Å². The molecule has 5 heteroatoms. The summed E-state index contributed by atoms with van der Waals surface area (Å²) in [5.74, 6) is 2.20. The molecule has 0 aromatic heterocycles. The van der Waals surface area contributed by atoms with Crippen molar-refractivity contribution in [3.8, 4) is 17.2 Å². The van der Waals surface area contributed by atoms with Crippen LogP contribution in [-0.2, 0) is 0 Å². The van der Waals surface area contributed by atoms with Crippen molar-refractivity contribution in [1.82, 2.24) is 5.32 Å². The van der Waals surface area contributed by atoms with E-state index in [4.69, 9.17) is 14.2 Å². The van der Waals surface area contributed by atoms with Gasteiger partial charge in [0.1, 0.15) is 0 Å². The first-order valence-electron chi connectivity index (χ1n) is 9.80. The van der Waals surface area contributed by atoms with Crippen LogP contribution < -0.4 is 19.5 Å². The van der Waals surface area contributed by atoms with Gasteiger partial charge < -0.3 is 19.5 Å². The second-order valence-electron chi connectivity index (χ2n) is 6.80. The van der Waals surface area contributed by atoms with E-state index in [0.29, 0.717) is 48.6 Å². The Kier molecular flexibility index (Phi) is 9.92. The quantitative estimate of drug-likeness (QED) is 0.576. The summed E-state index contributed by atoms with van der Waals surface area (Å²) in [4.78, 5) is 12.7. The van der Waals surface area contributed by atoms with Crippen molar-refractivity contribution in [3.05, 3.63) is 17.7 Å². The highest BCUT2D eigenvalue weighted by atomic mass is 16.5. The molecule has 1 rings (SSSR count). The fourth-order valence-corrected chi connectivity index (χ4v) is 2.73. The number of benzene rings is 1. The summed E-state index contributed by atoms with van der Waals surface area (Å²) in [5.41, 5.74) is 0.524. The molecule has 0 radical (unpaired) electrons. The van der Waals surface area contributed by atoms with Crippen LogP contribution in [0.15, 0.2) is 12.1 Å². The predicted molar refractivity (Wildman–Crippen MR) is 106 cm³/mol. The first-order valence-corrected chi connectivity index (χ1v) is 9.80. The minimum Gasteiger partial charge on any atom is -0.490 e. The second kappa shape index (κ2) is 11.7. The van der Waals surface area contributed by atoms with Crippen molar-refractivity contribution in [3.63, 3.8) is 0 Å². The van der Waals surface area contributed by atoms with Crippen LogP contribution in [0, 0.1) is 5.92 Å². The number of ether oxygens (including phenoxy) is 3. The molecule has 0 bridgehead atoms. The number of carbonyl (C=O) groups excluding carboxylic acids is 1. The number of amides is 1. The van der Waals surface area contributed by atoms with E-state index < -0.39 is 0 Å². The van der Waals surface area contributed by atoms with Gasteiger partial charge in [0, 0.05) is 11.6 Å². The van der Waals surface area contributed by atoms with Crippen LogP contribution in [0.2, 0.25) is 0 Å². The van der Waals surface area contributed by atoms with E-state index in [1.165, 1.54) is 6.42 Å². The normalized spacial score (nSPS) is 12.0. The van der Waals surface area contributed by atoms with E-state index in [1.807, 2.05) is 27.7 Å². The van der Waals surface area contributed by atoms with E-state index in [2.05, 4.69) is 19.2 Å². The Morgan fingerprint density at radius 3 is 1.92 bits per heavy atom. The van der Waals surface area contributed by atoms with Crippen molar-refractivity contribution in [2.75, 3.05) is 19.8 Å². The van der Waals surface area contributed by atoms with Gasteiger partial charge in [-0.15, -0.1) is 0 Å². The van der Waals surface area contributed by atoms with Gasteiger partial charge in [0.15, 0.2) is 11.5 Å². The fourth-order valence-electron chi connectivity index (χ4n) is 2.73. The lowest BCUT2D eigenvalue weighted by molar-refractivity contribution is 0.0936. The maximum Gasteiger partial charge on any atom is 0.251 e. The largest absolute Gasteiger partial charge is 0.490 e. The third-order valence-corrected chi connectivity index (χ3v) is 3.97. The van der Waals surface area contributed by atoms with Gasteiger partial charge in [0.25, 0.3) is 5.91 Å². The molecule has 148 valence electrons. The third-order valence-electron chi connectivity index (χ3n) is 3.97. The maximum atomic E-state index is 12.7. The molecule has 1 N–H and O–H groups in total. The number of carbonyl (C=O) groups is 1. The lowest BCUT2D eigenvalue weighted by atomic mass is 10.0. The highest BCUT2D eigenvalue weighted by Crippen LogP contribution is 2.39. The first kappa shape index (κ1) is 22.1. The van der Waals surface area contributed by atoms with E-state index >= 15 is 0 Å². The Labute approximate surface area is 158 Å². The number of hydrogen-bond acceptors (Lipinski definition) is 4. The average Bonchev–Trinajstić information content (AvgIpc) is 2.57. The molecular weight excluding hydrogens is 330 g/mol. The maximum absolute atomic E-state index is 12.7. The zero-order chi connectivity index (χ0) is 19.5. The Morgan fingerprint density at radius 2 is 1.46 bits per heavy atom. The van der Waals surface area contributed by atoms with E-state index in [1.54, 1.807) is 12.1 Å². The molecule has 0 aliphatic heterocycles. The molecule has 0 spiro atoms. The molecule has 1 aromatic rings. The molecule has 1 unspecified atom stereocenters. The van der Waals surface area contributed by atoms with Gasteiger partial charge in [-0.3, -0.25) is 4.79 Å². The number of nitrogens with one attached hydrogen (secondary N) is 1. The molecule has 1 amide bonds. The smallest absolute Gasteiger partial charge is 0.251 e. The molecule has 0 aliphatic rings. The zero-order valence-corrected chi connectivity index (χ0v) is 17.2. The Hall–Kier alpha value is -1.91. The van der Waals surface area contributed by atoms with Gasteiger partial charge in [-0.1, -0.05) is 26.7 Å². The minimum atomic E-state index is -0.119. The monoisotopic (exact) mass is 365 g/mol. The Bertz CT molecular complexity index is 530. The Balaban J connectivity index is 2.94. The van der Waals surface area contributed by atoms with Crippen LogP contribution >= 0.6 is 0 Å². The van der Waals surface area contributed by atoms with Gasteiger partial charge in [-0.05, 0) is 52.2 Å². The fraction of sp³-hybridized carbons (Fsp3) is 0.667. The Morgan fingerprint density at radius 1 is 0.923 bits per heavy atom. The van der Waals surface area contributed by atoms with Gasteiger partial charge in [0.2, 0.25) is 5.75 Å². The number of hydrogen-bond donors (Lipinski definition) is 1. The molecule has 0 aliphatic carbocycles. The van der Waals surface area contributed by atoms with Gasteiger partial charge in [0.05, 0.1) is 19.8 Å². The molecule has 0 fully saturated rings. The lowest BCUT2D eigenvalue weighted by Gasteiger charge is -2.18. The highest BCUT2D eigenvalue weighted by molar-refractivity contribution is 5.95. The van der Waals surface area contributed by atoms with Crippen molar-refractivity contribution in [1.29, 1.82) is 0 Å². The van der Waals surface area contributed by atoms with Crippen LogP contribution in [0.25, 0.3) is 0 Å². The van der Waals surface area contributed by atoms with E-state index in [0.717, 1.165) is 12.8 Å². The third kappa shape index (κ3) is 7.14. The minimum absolute atomic E-state index is 0.119. The molecule has 0 saturated heterocycles. The van der Waals surface area contributed by atoms with Crippen molar-refractivity contribution in [2.45, 2.75) is 66.8 Å². The van der Waals surface area contributed by atoms with E-state index in [-0.39, 0.29) is 11.9 Å². The predicted octanol–water partition coefficient (Wildman–Crippen LogP) is 4.83. The second-order valence-corrected chi connectivity index (χ2v) is 6.80. The summed E-state index contributed by atoms with van der Waals surface area (Å²) in [7, 11) is 0. The molecule has 26 heavy (non-hydrogen) atoms. The number of rotatable bonds is 12. The summed E-state index contributed by atoms with van der Waals surface area (Å²) < 4.78 is 17.0. The summed E-state index contributed by atoms with van der Waals surface area (Å²) >= 11 is 0. The molecule has 1 aromatic carbocycles. The van der Waals surface area contributed by atoms with Crippen molar-refractivity contribution < 1.29 is 19.0 Å². The molecule has 5 nitrogen and oxygen atoms in total. The van der Waals surface area contributed by atoms with Gasteiger partial charge in [-0.2, -0.15) is 0 Å². The van der Waals surface area contributed by atoms with Crippen LogP contribution in [-0.4, -0.2) is 31.8 Å². The highest BCUT2D eigenvalue weighted by Gasteiger charge is 2.19. The summed E-state index contributed by atoms with van der Waals surface area (Å²) in [5, 5.41) is 3.07. The van der Waals surface area contributed by atoms with Crippen molar-refractivity contribution >= 4 is 5.91 Å². The molecular formula is C21H35NO4.